The number of nitrogens with zero attached hydrogens (tertiary/aromatic N) is 1. The number of hydrogen-bond donors (Lipinski definition) is 2. The second kappa shape index (κ2) is 6.47. The molecule has 1 aliphatic heterocycles. The summed E-state index contributed by atoms with van der Waals surface area (Å²) in [5.41, 5.74) is 2.01. The smallest absolute Gasteiger partial charge is 0.317 e. The highest BCUT2D eigenvalue weighted by Gasteiger charge is 2.30. The van der Waals surface area contributed by atoms with Crippen molar-refractivity contribution < 1.29 is 19.4 Å². The molecule has 0 spiro atoms. The number of amides is 2. The van der Waals surface area contributed by atoms with Crippen LogP contribution in [0.5, 0.6) is 5.75 Å². The molecule has 1 fully saturated rings. The first-order valence-corrected chi connectivity index (χ1v) is 6.89. The van der Waals surface area contributed by atoms with Crippen molar-refractivity contribution in [3.05, 3.63) is 29.3 Å². The molecule has 1 aromatic carbocycles. The number of nitrogens with one attached hydrogen (secondary N) is 1. The minimum atomic E-state index is -0.839. The lowest BCUT2D eigenvalue weighted by atomic mass is 10.1. The van der Waals surface area contributed by atoms with Crippen LogP contribution < -0.4 is 10.1 Å². The molecular formula is C15H20N2O4. The molecule has 1 aliphatic rings. The number of carbonyl (C=O) groups excluding carboxylic acids is 1. The molecule has 114 valence electrons. The van der Waals surface area contributed by atoms with E-state index in [4.69, 9.17) is 9.84 Å². The minimum Gasteiger partial charge on any atom is -0.497 e. The highest BCUT2D eigenvalue weighted by atomic mass is 16.5. The van der Waals surface area contributed by atoms with Gasteiger partial charge in [-0.15, -0.1) is 0 Å². The second-order valence-electron chi connectivity index (χ2n) is 5.29. The van der Waals surface area contributed by atoms with Gasteiger partial charge in [-0.25, -0.2) is 4.79 Å². The zero-order chi connectivity index (χ0) is 15.4. The fourth-order valence-corrected chi connectivity index (χ4v) is 2.48. The summed E-state index contributed by atoms with van der Waals surface area (Å²) in [5, 5.41) is 11.8. The molecule has 0 radical (unpaired) electrons. The Morgan fingerprint density at radius 1 is 1.43 bits per heavy atom. The molecular weight excluding hydrogens is 272 g/mol. The topological polar surface area (TPSA) is 78.9 Å². The third kappa shape index (κ3) is 3.87. The quantitative estimate of drug-likeness (QED) is 0.884. The zero-order valence-corrected chi connectivity index (χ0v) is 12.3. The lowest BCUT2D eigenvalue weighted by Crippen LogP contribution is -2.38. The number of carbonyl (C=O) groups is 2. The van der Waals surface area contributed by atoms with Gasteiger partial charge in [-0.05, 0) is 36.6 Å². The van der Waals surface area contributed by atoms with Gasteiger partial charge in [0, 0.05) is 19.6 Å². The van der Waals surface area contributed by atoms with Crippen molar-refractivity contribution in [3.8, 4) is 5.75 Å². The lowest BCUT2D eigenvalue weighted by Gasteiger charge is -2.17. The van der Waals surface area contributed by atoms with Gasteiger partial charge < -0.3 is 20.1 Å². The third-order valence-corrected chi connectivity index (χ3v) is 3.61. The van der Waals surface area contributed by atoms with Gasteiger partial charge in [0.1, 0.15) is 5.75 Å². The Balaban J connectivity index is 1.90. The van der Waals surface area contributed by atoms with Gasteiger partial charge in [0.15, 0.2) is 0 Å². The molecule has 1 aromatic rings. The lowest BCUT2D eigenvalue weighted by molar-refractivity contribution is -0.141. The van der Waals surface area contributed by atoms with Crippen molar-refractivity contribution in [2.24, 2.45) is 5.92 Å². The van der Waals surface area contributed by atoms with Crippen molar-refractivity contribution >= 4 is 12.0 Å². The number of methoxy groups -OCH3 is 1. The highest BCUT2D eigenvalue weighted by Crippen LogP contribution is 2.18. The number of aliphatic carboxylic acids is 1. The van der Waals surface area contributed by atoms with Crippen LogP contribution in [0.15, 0.2) is 18.2 Å². The summed E-state index contributed by atoms with van der Waals surface area (Å²) in [5.74, 6) is -0.533. The summed E-state index contributed by atoms with van der Waals surface area (Å²) >= 11 is 0. The Labute approximate surface area is 123 Å². The molecule has 1 unspecified atom stereocenters. The SMILES string of the molecule is COc1cc(C)cc(CNC(=O)N2CCC(C(=O)O)C2)c1. The average Bonchev–Trinajstić information content (AvgIpc) is 2.94. The molecule has 1 atom stereocenters. The van der Waals surface area contributed by atoms with Crippen molar-refractivity contribution in [1.82, 2.24) is 10.2 Å². The normalized spacial score (nSPS) is 17.6. The van der Waals surface area contributed by atoms with E-state index in [0.29, 0.717) is 19.5 Å². The Morgan fingerprint density at radius 3 is 2.81 bits per heavy atom. The summed E-state index contributed by atoms with van der Waals surface area (Å²) in [6, 6.07) is 5.55. The number of ether oxygens (including phenoxy) is 1. The van der Waals surface area contributed by atoms with Crippen LogP contribution in [0.2, 0.25) is 0 Å². The highest BCUT2D eigenvalue weighted by molar-refractivity contribution is 5.77. The average molecular weight is 292 g/mol. The number of urea groups is 1. The minimum absolute atomic E-state index is 0.223. The van der Waals surface area contributed by atoms with E-state index in [9.17, 15) is 9.59 Å². The maximum absolute atomic E-state index is 12.0. The Morgan fingerprint density at radius 2 is 2.19 bits per heavy atom. The molecule has 21 heavy (non-hydrogen) atoms. The fraction of sp³-hybridized carbons (Fsp3) is 0.467. The second-order valence-corrected chi connectivity index (χ2v) is 5.29. The standard InChI is InChI=1S/C15H20N2O4/c1-10-5-11(7-13(6-10)21-2)8-16-15(20)17-4-3-12(9-17)14(18)19/h5-7,12H,3-4,8-9H2,1-2H3,(H,16,20)(H,18,19). The van der Waals surface area contributed by atoms with E-state index in [1.54, 1.807) is 12.0 Å². The molecule has 1 heterocycles. The van der Waals surface area contributed by atoms with Crippen LogP contribution in [0.25, 0.3) is 0 Å². The molecule has 6 nitrogen and oxygen atoms in total. The molecule has 2 amide bonds. The van der Waals surface area contributed by atoms with Gasteiger partial charge >= 0.3 is 12.0 Å². The van der Waals surface area contributed by atoms with Crippen molar-refractivity contribution in [1.29, 1.82) is 0 Å². The fourth-order valence-electron chi connectivity index (χ4n) is 2.48. The van der Waals surface area contributed by atoms with E-state index >= 15 is 0 Å². The molecule has 0 bridgehead atoms. The van der Waals surface area contributed by atoms with Crippen molar-refractivity contribution in [2.45, 2.75) is 19.9 Å². The summed E-state index contributed by atoms with van der Waals surface area (Å²) in [6.45, 7) is 3.12. The third-order valence-electron chi connectivity index (χ3n) is 3.61. The van der Waals surface area contributed by atoms with Gasteiger partial charge in [0.2, 0.25) is 0 Å². The predicted octanol–water partition coefficient (Wildman–Crippen LogP) is 1.62. The van der Waals surface area contributed by atoms with Crippen molar-refractivity contribution in [2.75, 3.05) is 20.2 Å². The molecule has 0 saturated carbocycles. The summed E-state index contributed by atoms with van der Waals surface area (Å²) in [7, 11) is 1.60. The van der Waals surface area contributed by atoms with Crippen molar-refractivity contribution in [3.63, 3.8) is 0 Å². The van der Waals surface area contributed by atoms with E-state index in [-0.39, 0.29) is 12.6 Å². The molecule has 0 aromatic heterocycles. The first kappa shape index (κ1) is 15.2. The van der Waals surface area contributed by atoms with Gasteiger partial charge in [0.25, 0.3) is 0 Å². The van der Waals surface area contributed by atoms with E-state index < -0.39 is 11.9 Å². The Kier molecular flexibility index (Phi) is 4.67. The number of carboxylic acids is 1. The van der Waals surface area contributed by atoms with E-state index in [1.165, 1.54) is 0 Å². The molecule has 6 heteroatoms. The summed E-state index contributed by atoms with van der Waals surface area (Å²) < 4.78 is 5.19. The number of rotatable bonds is 4. The molecule has 0 aliphatic carbocycles. The Bertz CT molecular complexity index is 544. The first-order valence-electron chi connectivity index (χ1n) is 6.89. The van der Waals surface area contributed by atoms with E-state index in [2.05, 4.69) is 5.32 Å². The largest absolute Gasteiger partial charge is 0.497 e. The summed E-state index contributed by atoms with van der Waals surface area (Å²) in [4.78, 5) is 24.4. The summed E-state index contributed by atoms with van der Waals surface area (Å²) in [6.07, 6.45) is 0.515. The molecule has 2 N–H and O–H groups in total. The van der Waals surface area contributed by atoms with Gasteiger partial charge in [0.05, 0.1) is 13.0 Å². The number of carboxylic acid groups (broad SMARTS) is 1. The number of likely N-dealkylation sites (tertiary alicyclic amines) is 1. The molecule has 2 rings (SSSR count). The maximum atomic E-state index is 12.0. The van der Waals surface area contributed by atoms with Gasteiger partial charge in [-0.2, -0.15) is 0 Å². The van der Waals surface area contributed by atoms with Crippen LogP contribution in [0.4, 0.5) is 4.79 Å². The molecule has 1 saturated heterocycles. The Hall–Kier alpha value is -2.24. The van der Waals surface area contributed by atoms with Crippen LogP contribution in [-0.2, 0) is 11.3 Å². The van der Waals surface area contributed by atoms with Gasteiger partial charge in [-0.1, -0.05) is 6.07 Å². The number of benzene rings is 1. The van der Waals surface area contributed by atoms with Crippen LogP contribution in [-0.4, -0.2) is 42.2 Å². The number of aryl methyl sites for hydroxylation is 1. The van der Waals surface area contributed by atoms with E-state index in [1.807, 2.05) is 25.1 Å². The van der Waals surface area contributed by atoms with E-state index in [0.717, 1.165) is 16.9 Å². The monoisotopic (exact) mass is 292 g/mol. The zero-order valence-electron chi connectivity index (χ0n) is 12.3. The van der Waals surface area contributed by atoms with Gasteiger partial charge in [-0.3, -0.25) is 4.79 Å². The van der Waals surface area contributed by atoms with Crippen LogP contribution >= 0.6 is 0 Å². The maximum Gasteiger partial charge on any atom is 0.317 e. The predicted molar refractivity (Wildman–Crippen MR) is 77.3 cm³/mol. The van der Waals surface area contributed by atoms with Crippen LogP contribution in [0.1, 0.15) is 17.5 Å². The number of hydrogen-bond acceptors (Lipinski definition) is 3. The first-order chi connectivity index (χ1) is 9.99. The van der Waals surface area contributed by atoms with Crippen LogP contribution in [0.3, 0.4) is 0 Å². The van der Waals surface area contributed by atoms with Crippen LogP contribution in [0, 0.1) is 12.8 Å².